The van der Waals surface area contributed by atoms with Crippen LogP contribution in [0.1, 0.15) is 20.8 Å². The van der Waals surface area contributed by atoms with E-state index in [4.69, 9.17) is 11.5 Å². The van der Waals surface area contributed by atoms with E-state index in [0.29, 0.717) is 0 Å². The first-order valence-corrected chi connectivity index (χ1v) is 10.4. The van der Waals surface area contributed by atoms with Crippen LogP contribution in [0.5, 0.6) is 0 Å². The first kappa shape index (κ1) is 19.1. The van der Waals surface area contributed by atoms with Gasteiger partial charge in [-0.25, -0.2) is 0 Å². The lowest BCUT2D eigenvalue weighted by Crippen LogP contribution is -2.36. The van der Waals surface area contributed by atoms with Crippen LogP contribution in [0, 0.1) is 0 Å². The summed E-state index contributed by atoms with van der Waals surface area (Å²) in [7, 11) is 0. The summed E-state index contributed by atoms with van der Waals surface area (Å²) in [4.78, 5) is 2.36. The number of hydrogen-bond donors (Lipinski definition) is 2. The average Bonchev–Trinajstić information content (AvgIpc) is 2.74. The van der Waals surface area contributed by atoms with Gasteiger partial charge in [0.1, 0.15) is 6.54 Å². The molecule has 4 rings (SSSR count). The molecule has 1 aromatic heterocycles. The van der Waals surface area contributed by atoms with Crippen molar-refractivity contribution >= 4 is 38.7 Å². The topological polar surface area (TPSA) is 59.2 Å². The molecule has 0 saturated heterocycles. The van der Waals surface area contributed by atoms with Crippen molar-refractivity contribution < 1.29 is 4.57 Å². The lowest BCUT2D eigenvalue weighted by molar-refractivity contribution is -0.655. The third-order valence-electron chi connectivity index (χ3n) is 5.76. The van der Waals surface area contributed by atoms with E-state index in [2.05, 4.69) is 78.8 Å². The van der Waals surface area contributed by atoms with Crippen molar-refractivity contribution in [1.82, 2.24) is 0 Å². The second-order valence-corrected chi connectivity index (χ2v) is 7.39. The van der Waals surface area contributed by atoms with Gasteiger partial charge < -0.3 is 16.4 Å². The first-order valence-electron chi connectivity index (χ1n) is 10.4. The van der Waals surface area contributed by atoms with Crippen LogP contribution in [0.2, 0.25) is 0 Å². The fraction of sp³-hybridized carbons (Fsp3) is 0.240. The first-order chi connectivity index (χ1) is 14.1. The normalized spacial score (nSPS) is 11.3. The van der Waals surface area contributed by atoms with Crippen LogP contribution >= 0.6 is 0 Å². The molecule has 1 heterocycles. The fourth-order valence-electron chi connectivity index (χ4n) is 4.32. The maximum Gasteiger partial charge on any atom is 0.220 e. The highest BCUT2D eigenvalue weighted by atomic mass is 15.1. The SMILES string of the molecule is CCN(CC)c1ccc(-c2c3cc(N)ccc3c3ccc(N)cc3[n+]2CC)cc1. The lowest BCUT2D eigenvalue weighted by Gasteiger charge is -2.21. The summed E-state index contributed by atoms with van der Waals surface area (Å²) in [5.41, 5.74) is 18.6. The quantitative estimate of drug-likeness (QED) is 0.289. The van der Waals surface area contributed by atoms with Crippen molar-refractivity contribution in [3.05, 3.63) is 60.7 Å². The van der Waals surface area contributed by atoms with Crippen LogP contribution in [0.15, 0.2) is 60.7 Å². The molecule has 4 heteroatoms. The smallest absolute Gasteiger partial charge is 0.220 e. The zero-order valence-electron chi connectivity index (χ0n) is 17.4. The van der Waals surface area contributed by atoms with Crippen molar-refractivity contribution in [2.24, 2.45) is 0 Å². The number of nitrogens with zero attached hydrogens (tertiary/aromatic N) is 2. The zero-order chi connectivity index (χ0) is 20.5. The van der Waals surface area contributed by atoms with Gasteiger partial charge in [0.2, 0.25) is 11.2 Å². The zero-order valence-corrected chi connectivity index (χ0v) is 17.4. The molecule has 0 saturated carbocycles. The highest BCUT2D eigenvalue weighted by Crippen LogP contribution is 2.34. The summed E-state index contributed by atoms with van der Waals surface area (Å²) in [6.07, 6.45) is 0. The van der Waals surface area contributed by atoms with Crippen LogP contribution in [0.3, 0.4) is 0 Å². The molecule has 3 aromatic carbocycles. The third kappa shape index (κ3) is 3.25. The molecule has 0 atom stereocenters. The number of nitrogen functional groups attached to an aromatic ring is 2. The Morgan fingerprint density at radius 3 is 1.97 bits per heavy atom. The van der Waals surface area contributed by atoms with Gasteiger partial charge in [-0.15, -0.1) is 0 Å². The number of nitrogens with two attached hydrogens (primary N) is 2. The van der Waals surface area contributed by atoms with Gasteiger partial charge in [0.05, 0.1) is 10.8 Å². The molecule has 4 N–H and O–H groups in total. The van der Waals surface area contributed by atoms with E-state index in [1.54, 1.807) is 0 Å². The van der Waals surface area contributed by atoms with Crippen LogP contribution in [0.4, 0.5) is 17.1 Å². The molecule has 0 aliphatic carbocycles. The molecule has 0 radical (unpaired) electrons. The standard InChI is InChI=1S/C25H28N4/c1-4-28(5-2)20-11-7-17(8-12-20)25-23-15-18(26)9-13-21(23)22-14-10-19(27)16-24(22)29(25)6-3/h7-16,27H,4-6,26H2,1-3H3/p+1. The number of aromatic nitrogens is 1. The number of anilines is 3. The van der Waals surface area contributed by atoms with Gasteiger partial charge in [0.15, 0.2) is 0 Å². The monoisotopic (exact) mass is 385 g/mol. The van der Waals surface area contributed by atoms with Crippen molar-refractivity contribution in [1.29, 1.82) is 0 Å². The summed E-state index contributed by atoms with van der Waals surface area (Å²) in [6.45, 7) is 9.39. The predicted molar refractivity (Wildman–Crippen MR) is 125 cm³/mol. The molecule has 0 aliphatic heterocycles. The van der Waals surface area contributed by atoms with Crippen LogP contribution < -0.4 is 20.9 Å². The van der Waals surface area contributed by atoms with Crippen molar-refractivity contribution in [3.63, 3.8) is 0 Å². The Morgan fingerprint density at radius 2 is 1.34 bits per heavy atom. The van der Waals surface area contributed by atoms with Gasteiger partial charge in [-0.05, 0) is 69.3 Å². The van der Waals surface area contributed by atoms with Gasteiger partial charge >= 0.3 is 0 Å². The van der Waals surface area contributed by atoms with Crippen molar-refractivity contribution in [2.45, 2.75) is 27.3 Å². The minimum absolute atomic E-state index is 0.774. The van der Waals surface area contributed by atoms with Gasteiger partial charge in [0.25, 0.3) is 0 Å². The molecular formula is C25H29N4+. The fourth-order valence-corrected chi connectivity index (χ4v) is 4.32. The van der Waals surface area contributed by atoms with Gasteiger partial charge in [0, 0.05) is 47.2 Å². The molecule has 0 spiro atoms. The molecule has 0 amide bonds. The lowest BCUT2D eigenvalue weighted by atomic mass is 9.98. The maximum atomic E-state index is 6.19. The van der Waals surface area contributed by atoms with E-state index >= 15 is 0 Å². The molecular weight excluding hydrogens is 356 g/mol. The average molecular weight is 386 g/mol. The minimum Gasteiger partial charge on any atom is -0.399 e. The minimum atomic E-state index is 0.774. The van der Waals surface area contributed by atoms with Crippen molar-refractivity contribution in [2.75, 3.05) is 29.5 Å². The van der Waals surface area contributed by atoms with Gasteiger partial charge in [-0.3, -0.25) is 0 Å². The Labute approximate surface area is 172 Å². The molecule has 0 bridgehead atoms. The Morgan fingerprint density at radius 1 is 0.724 bits per heavy atom. The number of aryl methyl sites for hydroxylation is 1. The van der Waals surface area contributed by atoms with E-state index < -0.39 is 0 Å². The van der Waals surface area contributed by atoms with E-state index in [1.165, 1.54) is 33.1 Å². The molecule has 4 nitrogen and oxygen atoms in total. The second kappa shape index (κ2) is 7.63. The van der Waals surface area contributed by atoms with E-state index in [9.17, 15) is 0 Å². The number of pyridine rings is 1. The van der Waals surface area contributed by atoms with Crippen molar-refractivity contribution in [3.8, 4) is 11.3 Å². The van der Waals surface area contributed by atoms with E-state index in [1.807, 2.05) is 12.1 Å². The molecule has 4 aromatic rings. The molecule has 29 heavy (non-hydrogen) atoms. The Kier molecular flexibility index (Phi) is 5.01. The van der Waals surface area contributed by atoms with Gasteiger partial charge in [-0.1, -0.05) is 6.07 Å². The number of benzene rings is 3. The number of rotatable bonds is 5. The summed E-state index contributed by atoms with van der Waals surface area (Å²) < 4.78 is 2.35. The summed E-state index contributed by atoms with van der Waals surface area (Å²) in [5, 5.41) is 3.56. The highest BCUT2D eigenvalue weighted by molar-refractivity contribution is 6.10. The van der Waals surface area contributed by atoms with E-state index in [-0.39, 0.29) is 0 Å². The Bertz CT molecular complexity index is 1180. The predicted octanol–water partition coefficient (Wildman–Crippen LogP) is 4.98. The number of fused-ring (bicyclic) bond motifs is 3. The largest absolute Gasteiger partial charge is 0.399 e. The van der Waals surface area contributed by atoms with Crippen LogP contribution in [-0.4, -0.2) is 13.1 Å². The summed E-state index contributed by atoms with van der Waals surface area (Å²) >= 11 is 0. The number of hydrogen-bond acceptors (Lipinski definition) is 3. The second-order valence-electron chi connectivity index (χ2n) is 7.39. The van der Waals surface area contributed by atoms with E-state index in [0.717, 1.165) is 36.5 Å². The summed E-state index contributed by atoms with van der Waals surface area (Å²) in [6, 6.07) is 21.2. The molecule has 0 fully saturated rings. The van der Waals surface area contributed by atoms with Gasteiger partial charge in [-0.2, -0.15) is 4.57 Å². The third-order valence-corrected chi connectivity index (χ3v) is 5.76. The highest BCUT2D eigenvalue weighted by Gasteiger charge is 2.22. The molecule has 0 unspecified atom stereocenters. The van der Waals surface area contributed by atoms with Crippen LogP contribution in [-0.2, 0) is 6.54 Å². The maximum absolute atomic E-state index is 6.19. The Balaban J connectivity index is 2.05. The summed E-state index contributed by atoms with van der Waals surface area (Å²) in [5.74, 6) is 0. The van der Waals surface area contributed by atoms with Crippen LogP contribution in [0.25, 0.3) is 32.9 Å². The Hall–Kier alpha value is -3.27. The molecule has 0 aliphatic rings. The molecule has 148 valence electrons.